The Hall–Kier alpha value is -2.62. The van der Waals surface area contributed by atoms with Crippen LogP contribution in [0.5, 0.6) is 5.75 Å². The Labute approximate surface area is 136 Å². The first-order valence-electron chi connectivity index (χ1n) is 7.65. The first kappa shape index (κ1) is 16.7. The number of carbonyl (C=O) groups excluding carboxylic acids is 2. The fourth-order valence-electron chi connectivity index (χ4n) is 2.14. The van der Waals surface area contributed by atoms with Gasteiger partial charge in [-0.1, -0.05) is 12.1 Å². The maximum Gasteiger partial charge on any atom is 0.224 e. The van der Waals surface area contributed by atoms with Crippen LogP contribution in [0.15, 0.2) is 48.5 Å². The quantitative estimate of drug-likeness (QED) is 0.621. The van der Waals surface area contributed by atoms with Crippen molar-refractivity contribution in [3.8, 4) is 5.75 Å². The molecule has 2 aromatic carbocycles. The average Bonchev–Trinajstić information content (AvgIpc) is 2.52. The number of benzene rings is 2. The van der Waals surface area contributed by atoms with Gasteiger partial charge in [0.1, 0.15) is 5.75 Å². The molecule has 2 rings (SSSR count). The van der Waals surface area contributed by atoms with E-state index in [1.54, 1.807) is 24.3 Å². The molecule has 0 aromatic heterocycles. The Kier molecular flexibility index (Phi) is 5.92. The smallest absolute Gasteiger partial charge is 0.224 e. The van der Waals surface area contributed by atoms with E-state index < -0.39 is 0 Å². The molecule has 0 fully saturated rings. The van der Waals surface area contributed by atoms with Crippen LogP contribution in [0.1, 0.15) is 35.7 Å². The van der Waals surface area contributed by atoms with Crippen LogP contribution in [0, 0.1) is 6.92 Å². The molecular weight excluding hydrogens is 290 g/mol. The SMILES string of the molecule is CC(=O)c1ccc(NC(=O)CCCOc2cccc(C)c2)cc1. The summed E-state index contributed by atoms with van der Waals surface area (Å²) in [5, 5.41) is 2.81. The predicted octanol–water partition coefficient (Wildman–Crippen LogP) is 4.00. The third-order valence-corrected chi connectivity index (χ3v) is 3.38. The van der Waals surface area contributed by atoms with Crippen LogP contribution in [0.4, 0.5) is 5.69 Å². The third kappa shape index (κ3) is 5.58. The minimum Gasteiger partial charge on any atom is -0.494 e. The van der Waals surface area contributed by atoms with Gasteiger partial charge in [-0.2, -0.15) is 0 Å². The Morgan fingerprint density at radius 1 is 1.09 bits per heavy atom. The summed E-state index contributed by atoms with van der Waals surface area (Å²) in [4.78, 5) is 23.1. The van der Waals surface area contributed by atoms with E-state index in [1.165, 1.54) is 6.92 Å². The summed E-state index contributed by atoms with van der Waals surface area (Å²) in [7, 11) is 0. The zero-order valence-corrected chi connectivity index (χ0v) is 13.5. The minimum atomic E-state index is -0.0617. The summed E-state index contributed by atoms with van der Waals surface area (Å²) in [5.41, 5.74) is 2.48. The lowest BCUT2D eigenvalue weighted by Crippen LogP contribution is -2.12. The summed E-state index contributed by atoms with van der Waals surface area (Å²) < 4.78 is 5.61. The third-order valence-electron chi connectivity index (χ3n) is 3.38. The predicted molar refractivity (Wildman–Crippen MR) is 91.0 cm³/mol. The second kappa shape index (κ2) is 8.13. The van der Waals surface area contributed by atoms with Crippen molar-refractivity contribution in [2.45, 2.75) is 26.7 Å². The topological polar surface area (TPSA) is 55.4 Å². The molecule has 1 amide bonds. The number of amides is 1. The molecule has 0 unspecified atom stereocenters. The standard InChI is InChI=1S/C19H21NO3/c1-14-5-3-6-18(13-14)23-12-4-7-19(22)20-17-10-8-16(9-11-17)15(2)21/h3,5-6,8-11,13H,4,7,12H2,1-2H3,(H,20,22). The zero-order valence-electron chi connectivity index (χ0n) is 13.5. The van der Waals surface area contributed by atoms with Crippen molar-refractivity contribution in [3.05, 3.63) is 59.7 Å². The number of anilines is 1. The van der Waals surface area contributed by atoms with Crippen LogP contribution in [0.2, 0.25) is 0 Å². The van der Waals surface area contributed by atoms with E-state index in [0.717, 1.165) is 11.3 Å². The molecule has 0 bridgehead atoms. The largest absolute Gasteiger partial charge is 0.494 e. The Morgan fingerprint density at radius 3 is 2.48 bits per heavy atom. The van der Waals surface area contributed by atoms with Crippen molar-refractivity contribution in [1.82, 2.24) is 0 Å². The van der Waals surface area contributed by atoms with Crippen LogP contribution in [0.3, 0.4) is 0 Å². The van der Waals surface area contributed by atoms with Gasteiger partial charge in [0, 0.05) is 17.7 Å². The van der Waals surface area contributed by atoms with E-state index >= 15 is 0 Å². The number of Topliss-reactive ketones (excluding diaryl/α,β-unsaturated/α-hetero) is 1. The van der Waals surface area contributed by atoms with Crippen molar-refractivity contribution in [2.24, 2.45) is 0 Å². The van der Waals surface area contributed by atoms with Gasteiger partial charge < -0.3 is 10.1 Å². The van der Waals surface area contributed by atoms with E-state index in [0.29, 0.717) is 30.7 Å². The Bertz CT molecular complexity index is 677. The lowest BCUT2D eigenvalue weighted by molar-refractivity contribution is -0.116. The normalized spacial score (nSPS) is 10.2. The zero-order chi connectivity index (χ0) is 16.7. The van der Waals surface area contributed by atoms with E-state index in [-0.39, 0.29) is 11.7 Å². The molecule has 0 radical (unpaired) electrons. The molecule has 0 aliphatic heterocycles. The van der Waals surface area contributed by atoms with E-state index in [4.69, 9.17) is 4.74 Å². The van der Waals surface area contributed by atoms with Gasteiger partial charge >= 0.3 is 0 Å². The average molecular weight is 311 g/mol. The molecule has 2 aromatic rings. The molecule has 0 aliphatic rings. The molecule has 0 saturated heterocycles. The highest BCUT2D eigenvalue weighted by molar-refractivity contribution is 5.95. The number of ether oxygens (including phenoxy) is 1. The first-order valence-corrected chi connectivity index (χ1v) is 7.65. The van der Waals surface area contributed by atoms with Gasteiger partial charge in [0.25, 0.3) is 0 Å². The number of aryl methyl sites for hydroxylation is 1. The number of ketones is 1. The number of nitrogens with one attached hydrogen (secondary N) is 1. The summed E-state index contributed by atoms with van der Waals surface area (Å²) in [6.45, 7) is 4.03. The van der Waals surface area contributed by atoms with Crippen LogP contribution in [0.25, 0.3) is 0 Å². The second-order valence-corrected chi connectivity index (χ2v) is 5.45. The molecule has 0 saturated carbocycles. The van der Waals surface area contributed by atoms with E-state index in [2.05, 4.69) is 5.32 Å². The molecule has 0 spiro atoms. The van der Waals surface area contributed by atoms with E-state index in [9.17, 15) is 9.59 Å². The summed E-state index contributed by atoms with van der Waals surface area (Å²) in [6, 6.07) is 14.7. The summed E-state index contributed by atoms with van der Waals surface area (Å²) in [5.74, 6) is 0.773. The Morgan fingerprint density at radius 2 is 1.83 bits per heavy atom. The Balaban J connectivity index is 1.71. The van der Waals surface area contributed by atoms with Crippen LogP contribution in [-0.4, -0.2) is 18.3 Å². The van der Waals surface area contributed by atoms with Crippen LogP contribution < -0.4 is 10.1 Å². The van der Waals surface area contributed by atoms with Crippen molar-refractivity contribution in [1.29, 1.82) is 0 Å². The number of hydrogen-bond acceptors (Lipinski definition) is 3. The fourth-order valence-corrected chi connectivity index (χ4v) is 2.14. The monoisotopic (exact) mass is 311 g/mol. The highest BCUT2D eigenvalue weighted by Gasteiger charge is 2.04. The molecule has 0 atom stereocenters. The summed E-state index contributed by atoms with van der Waals surface area (Å²) in [6.07, 6.45) is 1.03. The van der Waals surface area contributed by atoms with Crippen molar-refractivity contribution in [2.75, 3.05) is 11.9 Å². The van der Waals surface area contributed by atoms with E-state index in [1.807, 2.05) is 31.2 Å². The number of rotatable bonds is 7. The van der Waals surface area contributed by atoms with Gasteiger partial charge in [0.15, 0.2) is 5.78 Å². The number of hydrogen-bond donors (Lipinski definition) is 1. The van der Waals surface area contributed by atoms with Gasteiger partial charge in [-0.15, -0.1) is 0 Å². The van der Waals surface area contributed by atoms with Crippen LogP contribution in [-0.2, 0) is 4.79 Å². The van der Waals surface area contributed by atoms with Crippen molar-refractivity contribution >= 4 is 17.4 Å². The maximum atomic E-state index is 11.9. The lowest BCUT2D eigenvalue weighted by Gasteiger charge is -2.08. The van der Waals surface area contributed by atoms with Gasteiger partial charge in [-0.3, -0.25) is 9.59 Å². The molecule has 120 valence electrons. The molecule has 4 heteroatoms. The van der Waals surface area contributed by atoms with Crippen LogP contribution >= 0.6 is 0 Å². The molecule has 4 nitrogen and oxygen atoms in total. The highest BCUT2D eigenvalue weighted by Crippen LogP contribution is 2.13. The second-order valence-electron chi connectivity index (χ2n) is 5.45. The molecular formula is C19H21NO3. The molecule has 0 heterocycles. The van der Waals surface area contributed by atoms with Gasteiger partial charge in [-0.05, 0) is 62.2 Å². The minimum absolute atomic E-state index is 0.0103. The fraction of sp³-hybridized carbons (Fsp3) is 0.263. The lowest BCUT2D eigenvalue weighted by atomic mass is 10.1. The highest BCUT2D eigenvalue weighted by atomic mass is 16.5. The van der Waals surface area contributed by atoms with Gasteiger partial charge in [-0.25, -0.2) is 0 Å². The maximum absolute atomic E-state index is 11.9. The van der Waals surface area contributed by atoms with Gasteiger partial charge in [0.2, 0.25) is 5.91 Å². The molecule has 0 aliphatic carbocycles. The first-order chi connectivity index (χ1) is 11.0. The summed E-state index contributed by atoms with van der Waals surface area (Å²) >= 11 is 0. The number of carbonyl (C=O) groups is 2. The molecule has 1 N–H and O–H groups in total. The van der Waals surface area contributed by atoms with Crippen molar-refractivity contribution in [3.63, 3.8) is 0 Å². The molecule has 23 heavy (non-hydrogen) atoms. The van der Waals surface area contributed by atoms with Crippen molar-refractivity contribution < 1.29 is 14.3 Å². The van der Waals surface area contributed by atoms with Gasteiger partial charge in [0.05, 0.1) is 6.61 Å².